The average Bonchev–Trinajstić information content (AvgIpc) is 3.46. The molecule has 2 aliphatic rings. The van der Waals surface area contributed by atoms with Crippen LogP contribution in [0.3, 0.4) is 0 Å². The molecule has 1 unspecified atom stereocenters. The fourth-order valence-corrected chi connectivity index (χ4v) is 4.33. The second kappa shape index (κ2) is 13.4. The Kier molecular flexibility index (Phi) is 11.3. The van der Waals surface area contributed by atoms with Crippen molar-refractivity contribution in [1.29, 1.82) is 0 Å². The summed E-state index contributed by atoms with van der Waals surface area (Å²) in [6.45, 7) is 13.8. The number of nitrogens with zero attached hydrogens (tertiary/aromatic N) is 3. The minimum Gasteiger partial charge on any atom is -0.468 e. The van der Waals surface area contributed by atoms with Gasteiger partial charge in [-0.15, -0.1) is 24.0 Å². The third-order valence-corrected chi connectivity index (χ3v) is 6.04. The molecule has 1 atom stereocenters. The normalized spacial score (nSPS) is 19.2. The van der Waals surface area contributed by atoms with Gasteiger partial charge in [-0.25, -0.2) is 4.79 Å². The fraction of sp³-hybridized carbons (Fsp3) is 0.750. The largest absolute Gasteiger partial charge is 0.468 e. The summed E-state index contributed by atoms with van der Waals surface area (Å²) in [6.07, 6.45) is 5.95. The van der Waals surface area contributed by atoms with Gasteiger partial charge in [0.15, 0.2) is 5.96 Å². The number of guanidine groups is 1. The van der Waals surface area contributed by atoms with E-state index in [0.29, 0.717) is 12.5 Å². The fourth-order valence-electron chi connectivity index (χ4n) is 4.33. The molecule has 33 heavy (non-hydrogen) atoms. The Morgan fingerprint density at radius 1 is 1.21 bits per heavy atom. The van der Waals surface area contributed by atoms with Gasteiger partial charge in [0, 0.05) is 26.2 Å². The van der Waals surface area contributed by atoms with E-state index in [1.165, 1.54) is 12.8 Å². The minimum atomic E-state index is -0.449. The van der Waals surface area contributed by atoms with E-state index >= 15 is 0 Å². The molecule has 2 aliphatic heterocycles. The average molecular weight is 576 g/mol. The van der Waals surface area contributed by atoms with Crippen molar-refractivity contribution < 1.29 is 13.9 Å². The van der Waals surface area contributed by atoms with Crippen molar-refractivity contribution in [2.45, 2.75) is 65.0 Å². The number of hydrogen-bond donors (Lipinski definition) is 2. The first-order valence-electron chi connectivity index (χ1n) is 12.1. The van der Waals surface area contributed by atoms with Crippen molar-refractivity contribution in [2.24, 2.45) is 10.9 Å². The summed E-state index contributed by atoms with van der Waals surface area (Å²) < 4.78 is 11.2. The van der Waals surface area contributed by atoms with Gasteiger partial charge < -0.3 is 24.7 Å². The van der Waals surface area contributed by atoms with Crippen molar-refractivity contribution in [1.82, 2.24) is 20.4 Å². The van der Waals surface area contributed by atoms with Gasteiger partial charge in [-0.3, -0.25) is 9.89 Å². The Morgan fingerprint density at radius 2 is 1.91 bits per heavy atom. The highest BCUT2D eigenvalue weighted by Crippen LogP contribution is 2.26. The van der Waals surface area contributed by atoms with E-state index in [2.05, 4.69) is 28.5 Å². The van der Waals surface area contributed by atoms with Crippen LogP contribution < -0.4 is 10.6 Å². The van der Waals surface area contributed by atoms with Crippen LogP contribution in [0.1, 0.15) is 65.2 Å². The molecule has 3 heterocycles. The van der Waals surface area contributed by atoms with Crippen LogP contribution in [-0.2, 0) is 4.74 Å². The van der Waals surface area contributed by atoms with Crippen LogP contribution in [0.5, 0.6) is 0 Å². The van der Waals surface area contributed by atoms with Crippen LogP contribution >= 0.6 is 24.0 Å². The van der Waals surface area contributed by atoms with Gasteiger partial charge >= 0.3 is 6.09 Å². The highest BCUT2D eigenvalue weighted by molar-refractivity contribution is 14.0. The molecule has 0 spiro atoms. The maximum Gasteiger partial charge on any atom is 0.410 e. The third-order valence-electron chi connectivity index (χ3n) is 6.04. The first kappa shape index (κ1) is 27.8. The number of likely N-dealkylation sites (tertiary alicyclic amines) is 2. The molecule has 188 valence electrons. The number of ether oxygens (including phenoxy) is 1. The smallest absolute Gasteiger partial charge is 0.410 e. The molecule has 1 amide bonds. The molecule has 9 heteroatoms. The zero-order valence-corrected chi connectivity index (χ0v) is 23.0. The number of carbonyl (C=O) groups is 1. The van der Waals surface area contributed by atoms with E-state index in [1.807, 2.05) is 31.7 Å². The lowest BCUT2D eigenvalue weighted by molar-refractivity contribution is 0.0185. The molecule has 0 radical (unpaired) electrons. The van der Waals surface area contributed by atoms with Gasteiger partial charge in [0.2, 0.25) is 0 Å². The highest BCUT2D eigenvalue weighted by Gasteiger charge is 2.27. The summed E-state index contributed by atoms with van der Waals surface area (Å²) in [4.78, 5) is 21.5. The number of piperidine rings is 1. The minimum absolute atomic E-state index is 0. The lowest BCUT2D eigenvalue weighted by Crippen LogP contribution is -2.45. The quantitative estimate of drug-likeness (QED) is 0.288. The summed E-state index contributed by atoms with van der Waals surface area (Å²) in [7, 11) is 0. The predicted octanol–water partition coefficient (Wildman–Crippen LogP) is 4.24. The zero-order valence-electron chi connectivity index (χ0n) is 20.6. The topological polar surface area (TPSA) is 82.3 Å². The molecule has 8 nitrogen and oxygen atoms in total. The summed E-state index contributed by atoms with van der Waals surface area (Å²) in [6, 6.07) is 4.19. The van der Waals surface area contributed by atoms with Crippen molar-refractivity contribution in [3.8, 4) is 0 Å². The van der Waals surface area contributed by atoms with E-state index in [9.17, 15) is 4.79 Å². The molecule has 1 aromatic rings. The van der Waals surface area contributed by atoms with Crippen molar-refractivity contribution in [3.63, 3.8) is 0 Å². The number of furan rings is 1. The molecule has 1 aromatic heterocycles. The Balaban J connectivity index is 0.00000385. The van der Waals surface area contributed by atoms with Crippen LogP contribution in [0.4, 0.5) is 4.79 Å². The molecule has 3 rings (SSSR count). The van der Waals surface area contributed by atoms with Crippen LogP contribution in [0.15, 0.2) is 27.8 Å². The van der Waals surface area contributed by atoms with Crippen LogP contribution in [0.2, 0.25) is 0 Å². The predicted molar refractivity (Wildman–Crippen MR) is 142 cm³/mol. The number of aliphatic imine (C=N–C) groups is 1. The van der Waals surface area contributed by atoms with Gasteiger partial charge in [0.25, 0.3) is 0 Å². The lowest BCUT2D eigenvalue weighted by atomic mass is 9.97. The van der Waals surface area contributed by atoms with Gasteiger partial charge in [0.1, 0.15) is 11.4 Å². The highest BCUT2D eigenvalue weighted by atomic mass is 127. The maximum atomic E-state index is 12.3. The number of hydrogen-bond acceptors (Lipinski definition) is 5. The molecular formula is C24H42IN5O3. The lowest BCUT2D eigenvalue weighted by Gasteiger charge is -2.33. The Bertz CT molecular complexity index is 721. The SMILES string of the molecule is CCNC(=NCC(c1ccco1)N1CCCC1)NCC1CCN(C(=O)OC(C)(C)C)CC1.I. The van der Waals surface area contributed by atoms with E-state index in [-0.39, 0.29) is 36.1 Å². The molecule has 0 saturated carbocycles. The molecule has 0 bridgehead atoms. The summed E-state index contributed by atoms with van der Waals surface area (Å²) in [5.74, 6) is 2.34. The van der Waals surface area contributed by atoms with Gasteiger partial charge in [-0.1, -0.05) is 0 Å². The zero-order chi connectivity index (χ0) is 23.0. The van der Waals surface area contributed by atoms with Crippen molar-refractivity contribution >= 4 is 36.0 Å². The van der Waals surface area contributed by atoms with E-state index < -0.39 is 5.60 Å². The van der Waals surface area contributed by atoms with Gasteiger partial charge in [-0.05, 0) is 84.5 Å². The molecule has 0 aromatic carbocycles. The standard InChI is InChI=1S/C24H41N5O3.HI/c1-5-25-22(27-18-20(21-9-8-16-31-21)28-12-6-7-13-28)26-17-19-10-14-29(15-11-19)23(30)32-24(2,3)4;/h8-9,16,19-20H,5-7,10-15,17-18H2,1-4H3,(H2,25,26,27);1H. The second-order valence-electron chi connectivity index (χ2n) is 9.79. The first-order chi connectivity index (χ1) is 15.4. The van der Waals surface area contributed by atoms with Crippen LogP contribution in [-0.4, -0.2) is 73.3 Å². The molecule has 2 saturated heterocycles. The number of amides is 1. The van der Waals surface area contributed by atoms with E-state index in [1.54, 1.807) is 6.26 Å². The Morgan fingerprint density at radius 3 is 2.48 bits per heavy atom. The number of carbonyl (C=O) groups excluding carboxylic acids is 1. The molecular weight excluding hydrogens is 533 g/mol. The number of nitrogens with one attached hydrogen (secondary N) is 2. The van der Waals surface area contributed by atoms with E-state index in [4.69, 9.17) is 14.1 Å². The number of rotatable bonds is 7. The van der Waals surface area contributed by atoms with Gasteiger partial charge in [-0.2, -0.15) is 0 Å². The maximum absolute atomic E-state index is 12.3. The van der Waals surface area contributed by atoms with Gasteiger partial charge in [0.05, 0.1) is 18.8 Å². The monoisotopic (exact) mass is 575 g/mol. The summed E-state index contributed by atoms with van der Waals surface area (Å²) in [5, 5.41) is 6.89. The Labute approximate surface area is 215 Å². The third kappa shape index (κ3) is 8.99. The Hall–Kier alpha value is -1.49. The van der Waals surface area contributed by atoms with Crippen molar-refractivity contribution in [3.05, 3.63) is 24.2 Å². The van der Waals surface area contributed by atoms with Crippen LogP contribution in [0, 0.1) is 5.92 Å². The van der Waals surface area contributed by atoms with E-state index in [0.717, 1.165) is 63.8 Å². The van der Waals surface area contributed by atoms with Crippen LogP contribution in [0.25, 0.3) is 0 Å². The summed E-state index contributed by atoms with van der Waals surface area (Å²) >= 11 is 0. The van der Waals surface area contributed by atoms with Crippen molar-refractivity contribution in [2.75, 3.05) is 45.8 Å². The summed E-state index contributed by atoms with van der Waals surface area (Å²) in [5.41, 5.74) is -0.449. The molecule has 2 N–H and O–H groups in total. The molecule has 2 fully saturated rings. The molecule has 0 aliphatic carbocycles. The second-order valence-corrected chi connectivity index (χ2v) is 9.79. The first-order valence-corrected chi connectivity index (χ1v) is 12.1. The number of halogens is 1.